The van der Waals surface area contributed by atoms with E-state index in [0.717, 1.165) is 28.4 Å². The fourth-order valence-electron chi connectivity index (χ4n) is 3.07. The van der Waals surface area contributed by atoms with Crippen LogP contribution in [0.25, 0.3) is 5.69 Å². The number of hydrogen-bond donors (Lipinski definition) is 0. The number of aromatic nitrogens is 3. The van der Waals surface area contributed by atoms with Crippen molar-refractivity contribution in [3.63, 3.8) is 0 Å². The zero-order valence-corrected chi connectivity index (χ0v) is 16.1. The Morgan fingerprint density at radius 2 is 1.88 bits per heavy atom. The number of benzene rings is 1. The van der Waals surface area contributed by atoms with Crippen LogP contribution in [0.2, 0.25) is 0 Å². The third-order valence-electron chi connectivity index (χ3n) is 4.70. The van der Waals surface area contributed by atoms with Gasteiger partial charge in [0.15, 0.2) is 5.76 Å². The van der Waals surface area contributed by atoms with Gasteiger partial charge in [0.25, 0.3) is 5.56 Å². The maximum Gasteiger partial charge on any atom is 0.276 e. The zero-order valence-electron chi connectivity index (χ0n) is 16.1. The summed E-state index contributed by atoms with van der Waals surface area (Å²) in [5.41, 5.74) is 3.60. The van der Waals surface area contributed by atoms with E-state index in [9.17, 15) is 4.79 Å². The van der Waals surface area contributed by atoms with E-state index in [1.807, 2.05) is 62.1 Å². The Balaban J connectivity index is 1.82. The first-order valence-electron chi connectivity index (χ1n) is 8.85. The molecule has 0 spiro atoms. The zero-order chi connectivity index (χ0) is 18.8. The van der Waals surface area contributed by atoms with Crippen LogP contribution in [-0.4, -0.2) is 26.5 Å². The molecule has 0 fully saturated rings. The molecule has 0 bridgehead atoms. The van der Waals surface area contributed by atoms with Crippen molar-refractivity contribution in [1.29, 1.82) is 0 Å². The molecular formula is C20H26N4O2. The fraction of sp³-hybridized carbons (Fsp3) is 0.400. The van der Waals surface area contributed by atoms with Crippen LogP contribution in [0.5, 0.6) is 0 Å². The Kier molecular flexibility index (Phi) is 5.13. The van der Waals surface area contributed by atoms with Gasteiger partial charge in [0.05, 0.1) is 23.5 Å². The van der Waals surface area contributed by atoms with Crippen LogP contribution in [-0.2, 0) is 20.1 Å². The largest absolute Gasteiger partial charge is 0.360 e. The Hall–Kier alpha value is -2.60. The summed E-state index contributed by atoms with van der Waals surface area (Å²) in [6.45, 7) is 7.32. The van der Waals surface area contributed by atoms with Crippen LogP contribution in [0.1, 0.15) is 42.5 Å². The predicted octanol–water partition coefficient (Wildman–Crippen LogP) is 3.23. The van der Waals surface area contributed by atoms with Crippen molar-refractivity contribution in [3.8, 4) is 5.69 Å². The molecule has 2 aromatic heterocycles. The third kappa shape index (κ3) is 3.51. The minimum atomic E-state index is 0.0171. The van der Waals surface area contributed by atoms with Crippen LogP contribution >= 0.6 is 0 Å². The van der Waals surface area contributed by atoms with Gasteiger partial charge in [-0.15, -0.1) is 0 Å². The van der Waals surface area contributed by atoms with Gasteiger partial charge < -0.3 is 4.52 Å². The summed E-state index contributed by atoms with van der Waals surface area (Å²) >= 11 is 0. The molecular weight excluding hydrogens is 328 g/mol. The maximum atomic E-state index is 13.0. The SMILES string of the molecule is Cc1c(CN(C)Cc2cc(C(C)C)no2)c(=O)n(-c2ccccc2)n1C. The fourth-order valence-corrected chi connectivity index (χ4v) is 3.07. The summed E-state index contributed by atoms with van der Waals surface area (Å²) in [4.78, 5) is 15.0. The summed E-state index contributed by atoms with van der Waals surface area (Å²) in [6, 6.07) is 11.7. The molecule has 3 rings (SSSR count). The molecule has 0 N–H and O–H groups in total. The molecule has 0 unspecified atom stereocenters. The van der Waals surface area contributed by atoms with Crippen LogP contribution in [0.3, 0.4) is 0 Å². The van der Waals surface area contributed by atoms with E-state index in [-0.39, 0.29) is 5.56 Å². The van der Waals surface area contributed by atoms with Gasteiger partial charge in [-0.05, 0) is 32.0 Å². The summed E-state index contributed by atoms with van der Waals surface area (Å²) < 4.78 is 9.03. The highest BCUT2D eigenvalue weighted by Gasteiger charge is 2.18. The van der Waals surface area contributed by atoms with Crippen molar-refractivity contribution in [2.24, 2.45) is 7.05 Å². The molecule has 0 saturated heterocycles. The molecule has 6 nitrogen and oxygen atoms in total. The summed E-state index contributed by atoms with van der Waals surface area (Å²) in [5, 5.41) is 4.10. The van der Waals surface area contributed by atoms with Crippen molar-refractivity contribution < 1.29 is 4.52 Å². The highest BCUT2D eigenvalue weighted by atomic mass is 16.5. The van der Waals surface area contributed by atoms with Gasteiger partial charge in [0, 0.05) is 25.4 Å². The quantitative estimate of drug-likeness (QED) is 0.682. The van der Waals surface area contributed by atoms with Gasteiger partial charge >= 0.3 is 0 Å². The van der Waals surface area contributed by atoms with Crippen molar-refractivity contribution in [1.82, 2.24) is 19.4 Å². The molecule has 2 heterocycles. The van der Waals surface area contributed by atoms with E-state index in [2.05, 4.69) is 23.9 Å². The Bertz CT molecular complexity index is 935. The molecule has 0 atom stereocenters. The molecule has 0 radical (unpaired) electrons. The molecule has 0 aliphatic rings. The van der Waals surface area contributed by atoms with Gasteiger partial charge in [0.1, 0.15) is 0 Å². The second-order valence-corrected chi connectivity index (χ2v) is 7.09. The smallest absolute Gasteiger partial charge is 0.276 e. The van der Waals surface area contributed by atoms with Crippen LogP contribution in [0.15, 0.2) is 45.7 Å². The highest BCUT2D eigenvalue weighted by Crippen LogP contribution is 2.16. The Labute approximate surface area is 153 Å². The average molecular weight is 354 g/mol. The average Bonchev–Trinajstić information content (AvgIpc) is 3.15. The molecule has 6 heteroatoms. The normalized spacial score (nSPS) is 11.7. The predicted molar refractivity (Wildman–Crippen MR) is 102 cm³/mol. The molecule has 0 aliphatic carbocycles. The standard InChI is InChI=1S/C20H26N4O2/c1-14(2)19-11-17(26-21-19)12-22(4)13-18-15(3)23(5)24(20(18)25)16-9-7-6-8-10-16/h6-11,14H,12-13H2,1-5H3. The minimum Gasteiger partial charge on any atom is -0.360 e. The van der Waals surface area contributed by atoms with Crippen LogP contribution < -0.4 is 5.56 Å². The summed E-state index contributed by atoms with van der Waals surface area (Å²) in [5.74, 6) is 1.15. The van der Waals surface area contributed by atoms with Crippen LogP contribution in [0, 0.1) is 6.92 Å². The molecule has 26 heavy (non-hydrogen) atoms. The molecule has 0 amide bonds. The minimum absolute atomic E-state index is 0.0171. The highest BCUT2D eigenvalue weighted by molar-refractivity contribution is 5.33. The third-order valence-corrected chi connectivity index (χ3v) is 4.70. The number of para-hydroxylation sites is 1. The van der Waals surface area contributed by atoms with Crippen LogP contribution in [0.4, 0.5) is 0 Å². The van der Waals surface area contributed by atoms with E-state index in [0.29, 0.717) is 19.0 Å². The topological polar surface area (TPSA) is 56.2 Å². The molecule has 0 saturated carbocycles. The molecule has 138 valence electrons. The van der Waals surface area contributed by atoms with E-state index in [4.69, 9.17) is 4.52 Å². The van der Waals surface area contributed by atoms with Crippen molar-refractivity contribution in [2.75, 3.05) is 7.05 Å². The second kappa shape index (κ2) is 7.33. The molecule has 1 aromatic carbocycles. The van der Waals surface area contributed by atoms with Crippen molar-refractivity contribution in [2.45, 2.75) is 39.8 Å². The van der Waals surface area contributed by atoms with E-state index in [1.54, 1.807) is 4.68 Å². The maximum absolute atomic E-state index is 13.0. The Morgan fingerprint density at radius 3 is 2.50 bits per heavy atom. The van der Waals surface area contributed by atoms with Crippen molar-refractivity contribution in [3.05, 3.63) is 69.5 Å². The first kappa shape index (κ1) is 18.2. The van der Waals surface area contributed by atoms with E-state index < -0.39 is 0 Å². The van der Waals surface area contributed by atoms with Gasteiger partial charge in [-0.2, -0.15) is 0 Å². The molecule has 0 aliphatic heterocycles. The first-order chi connectivity index (χ1) is 12.4. The lowest BCUT2D eigenvalue weighted by atomic mass is 10.1. The lowest BCUT2D eigenvalue weighted by Crippen LogP contribution is -2.24. The Morgan fingerprint density at radius 1 is 1.19 bits per heavy atom. The van der Waals surface area contributed by atoms with E-state index in [1.165, 1.54) is 0 Å². The lowest BCUT2D eigenvalue weighted by molar-refractivity contribution is 0.264. The second-order valence-electron chi connectivity index (χ2n) is 7.09. The lowest BCUT2D eigenvalue weighted by Gasteiger charge is -2.13. The number of nitrogens with zero attached hydrogens (tertiary/aromatic N) is 4. The molecule has 3 aromatic rings. The van der Waals surface area contributed by atoms with Gasteiger partial charge in [-0.3, -0.25) is 14.4 Å². The van der Waals surface area contributed by atoms with Gasteiger partial charge in [-0.1, -0.05) is 37.2 Å². The van der Waals surface area contributed by atoms with Crippen molar-refractivity contribution >= 4 is 0 Å². The number of rotatable bonds is 6. The van der Waals surface area contributed by atoms with E-state index >= 15 is 0 Å². The summed E-state index contributed by atoms with van der Waals surface area (Å²) in [7, 11) is 3.90. The monoisotopic (exact) mass is 354 g/mol. The first-order valence-corrected chi connectivity index (χ1v) is 8.85. The van der Waals surface area contributed by atoms with Gasteiger partial charge in [-0.25, -0.2) is 4.68 Å². The summed E-state index contributed by atoms with van der Waals surface area (Å²) in [6.07, 6.45) is 0. The number of hydrogen-bond acceptors (Lipinski definition) is 4. The van der Waals surface area contributed by atoms with Gasteiger partial charge in [0.2, 0.25) is 0 Å².